The number of carbonyl (C=O) groups excluding carboxylic acids is 2. The zero-order valence-electron chi connectivity index (χ0n) is 26.0. The molecule has 1 aliphatic rings. The highest BCUT2D eigenvalue weighted by atomic mass is 35.5. The number of allylic oxidation sites excluding steroid dienone is 6. The van der Waals surface area contributed by atoms with Crippen molar-refractivity contribution in [2.24, 2.45) is 10.7 Å². The summed E-state index contributed by atoms with van der Waals surface area (Å²) in [5.41, 5.74) is 8.13. The lowest BCUT2D eigenvalue weighted by Crippen LogP contribution is -2.49. The van der Waals surface area contributed by atoms with Gasteiger partial charge in [0.15, 0.2) is 5.96 Å². The predicted octanol–water partition coefficient (Wildman–Crippen LogP) is 4.92. The molecule has 0 bridgehead atoms. The summed E-state index contributed by atoms with van der Waals surface area (Å²) in [5, 5.41) is 9.53. The van der Waals surface area contributed by atoms with Gasteiger partial charge in [0.25, 0.3) is 0 Å². The molecule has 1 heterocycles. The minimum atomic E-state index is -0.554. The summed E-state index contributed by atoms with van der Waals surface area (Å²) in [5.74, 6) is -0.582. The van der Waals surface area contributed by atoms with Crippen molar-refractivity contribution in [2.75, 3.05) is 33.2 Å². The van der Waals surface area contributed by atoms with Gasteiger partial charge in [0.1, 0.15) is 5.83 Å². The second-order valence-corrected chi connectivity index (χ2v) is 11.1. The molecule has 2 amide bonds. The van der Waals surface area contributed by atoms with Crippen LogP contribution in [0.1, 0.15) is 43.2 Å². The van der Waals surface area contributed by atoms with Crippen LogP contribution in [0.5, 0.6) is 0 Å². The highest BCUT2D eigenvalue weighted by Gasteiger charge is 2.32. The summed E-state index contributed by atoms with van der Waals surface area (Å²) in [6.07, 6.45) is 7.05. The summed E-state index contributed by atoms with van der Waals surface area (Å²) >= 11 is 6.07. The van der Waals surface area contributed by atoms with Crippen LogP contribution in [0.2, 0.25) is 0 Å². The molecule has 0 radical (unpaired) electrons. The molecule has 5 N–H and O–H groups in total. The summed E-state index contributed by atoms with van der Waals surface area (Å²) in [6.45, 7) is 7.02. The zero-order chi connectivity index (χ0) is 32.6. The van der Waals surface area contributed by atoms with Gasteiger partial charge in [0, 0.05) is 56.8 Å². The lowest BCUT2D eigenvalue weighted by molar-refractivity contribution is -0.133. The Hall–Kier alpha value is -4.21. The van der Waals surface area contributed by atoms with Crippen LogP contribution in [0.25, 0.3) is 0 Å². The number of hydrogen-bond acceptors (Lipinski definition) is 4. The molecule has 1 saturated heterocycles. The summed E-state index contributed by atoms with van der Waals surface area (Å²) < 4.78 is 14.2. The van der Waals surface area contributed by atoms with Gasteiger partial charge < -0.3 is 26.6 Å². The fourth-order valence-electron chi connectivity index (χ4n) is 5.21. The van der Waals surface area contributed by atoms with Gasteiger partial charge >= 0.3 is 0 Å². The van der Waals surface area contributed by atoms with Crippen LogP contribution in [0.3, 0.4) is 0 Å². The molecule has 0 spiro atoms. The van der Waals surface area contributed by atoms with Crippen LogP contribution in [-0.4, -0.2) is 68.0 Å². The third-order valence-corrected chi connectivity index (χ3v) is 8.05. The quantitative estimate of drug-likeness (QED) is 0.0775. The molecule has 0 aliphatic carbocycles. The Kier molecular flexibility index (Phi) is 14.6. The first kappa shape index (κ1) is 35.3. The zero-order valence-corrected chi connectivity index (χ0v) is 26.8. The molecule has 3 rings (SSSR count). The number of carbonyl (C=O) groups is 2. The number of guanidine groups is 1. The highest BCUT2D eigenvalue weighted by Crippen LogP contribution is 2.27. The average molecular weight is 635 g/mol. The van der Waals surface area contributed by atoms with E-state index in [-0.39, 0.29) is 35.0 Å². The van der Waals surface area contributed by atoms with Gasteiger partial charge in [-0.2, -0.15) is 0 Å². The first-order chi connectivity index (χ1) is 21.8. The Morgan fingerprint density at radius 3 is 2.38 bits per heavy atom. The van der Waals surface area contributed by atoms with E-state index in [2.05, 4.69) is 51.8 Å². The van der Waals surface area contributed by atoms with Crippen molar-refractivity contribution in [3.63, 3.8) is 0 Å². The van der Waals surface area contributed by atoms with Crippen molar-refractivity contribution in [3.05, 3.63) is 119 Å². The Morgan fingerprint density at radius 1 is 1.16 bits per heavy atom. The molecule has 1 aliphatic heterocycles. The molecular formula is C35H44ClFN6O2. The van der Waals surface area contributed by atoms with E-state index < -0.39 is 17.8 Å². The van der Waals surface area contributed by atoms with Crippen LogP contribution >= 0.6 is 11.6 Å². The number of aliphatic imine (C=N–C) groups is 1. The van der Waals surface area contributed by atoms with Gasteiger partial charge in [-0.05, 0) is 43.4 Å². The lowest BCUT2D eigenvalue weighted by Gasteiger charge is -2.29. The van der Waals surface area contributed by atoms with Gasteiger partial charge in [0.2, 0.25) is 11.8 Å². The number of amides is 2. The van der Waals surface area contributed by atoms with E-state index in [4.69, 9.17) is 17.3 Å². The molecule has 2 aromatic carbocycles. The number of nitrogens with one attached hydrogen (secondary N) is 3. The van der Waals surface area contributed by atoms with E-state index in [1.54, 1.807) is 14.0 Å². The molecule has 0 saturated carbocycles. The highest BCUT2D eigenvalue weighted by molar-refractivity contribution is 6.32. The fourth-order valence-corrected chi connectivity index (χ4v) is 5.36. The third-order valence-electron chi connectivity index (χ3n) is 7.69. The molecular weight excluding hydrogens is 591 g/mol. The average Bonchev–Trinajstić information content (AvgIpc) is 3.22. The first-order valence-corrected chi connectivity index (χ1v) is 15.6. The van der Waals surface area contributed by atoms with E-state index in [1.807, 2.05) is 41.3 Å². The normalized spacial score (nSPS) is 18.5. The van der Waals surface area contributed by atoms with Crippen LogP contribution in [0.15, 0.2) is 113 Å². The van der Waals surface area contributed by atoms with E-state index in [0.717, 1.165) is 11.1 Å². The van der Waals surface area contributed by atoms with Gasteiger partial charge in [-0.1, -0.05) is 91.0 Å². The monoisotopic (exact) mass is 634 g/mol. The Labute approximate surface area is 271 Å². The second kappa shape index (κ2) is 18.6. The second-order valence-electron chi connectivity index (χ2n) is 10.7. The summed E-state index contributed by atoms with van der Waals surface area (Å²) in [4.78, 5) is 32.6. The maximum absolute atomic E-state index is 14.2. The van der Waals surface area contributed by atoms with E-state index in [0.29, 0.717) is 44.9 Å². The molecule has 240 valence electrons. The van der Waals surface area contributed by atoms with Crippen LogP contribution < -0.4 is 21.7 Å². The van der Waals surface area contributed by atoms with Crippen LogP contribution in [-0.2, 0) is 9.59 Å². The lowest BCUT2D eigenvalue weighted by atomic mass is 9.90. The van der Waals surface area contributed by atoms with Gasteiger partial charge in [-0.3, -0.25) is 14.6 Å². The van der Waals surface area contributed by atoms with Crippen molar-refractivity contribution in [2.45, 2.75) is 44.2 Å². The number of nitrogens with zero attached hydrogens (tertiary/aromatic N) is 2. The summed E-state index contributed by atoms with van der Waals surface area (Å²) in [6, 6.07) is 19.8. The maximum Gasteiger partial charge on any atom is 0.244 e. The van der Waals surface area contributed by atoms with E-state index in [1.165, 1.54) is 24.3 Å². The fraction of sp³-hybridized carbons (Fsp3) is 0.343. The number of hydrogen-bond donors (Lipinski definition) is 4. The molecule has 0 aromatic heterocycles. The smallest absolute Gasteiger partial charge is 0.244 e. The van der Waals surface area contributed by atoms with Gasteiger partial charge in [0.05, 0.1) is 11.1 Å². The van der Waals surface area contributed by atoms with Crippen molar-refractivity contribution >= 4 is 29.4 Å². The summed E-state index contributed by atoms with van der Waals surface area (Å²) in [7, 11) is 1.61. The molecule has 8 nitrogen and oxygen atoms in total. The Bertz CT molecular complexity index is 1350. The molecule has 1 fully saturated rings. The standard InChI is InChI=1S/C35H44ClFN6O2/c1-4-30(36)28(31(37)5-2)18-19-33(44)41-23-27-20-22-43(34(45)32(42-27)17-12-21-40-35(38)39-3)24-29(25-13-8-6-9-14-25)26-15-10-7-11-16-26/h4-11,13-16,18-19,27,29,32,42H,1,12,17,20-24H2,2-3H3,(H,41,44)(H3,38,39,40)/b19-18+,30-28+,31-5+. The van der Waals surface area contributed by atoms with E-state index in [9.17, 15) is 14.0 Å². The molecule has 2 aromatic rings. The van der Waals surface area contributed by atoms with Crippen molar-refractivity contribution in [1.82, 2.24) is 20.9 Å². The predicted molar refractivity (Wildman–Crippen MR) is 182 cm³/mol. The topological polar surface area (TPSA) is 112 Å². The largest absolute Gasteiger partial charge is 0.370 e. The van der Waals surface area contributed by atoms with Crippen LogP contribution in [0, 0.1) is 0 Å². The Morgan fingerprint density at radius 2 is 1.80 bits per heavy atom. The Balaban J connectivity index is 1.77. The minimum absolute atomic E-state index is 0.00262. The molecule has 45 heavy (non-hydrogen) atoms. The van der Waals surface area contributed by atoms with Crippen molar-refractivity contribution < 1.29 is 14.0 Å². The van der Waals surface area contributed by atoms with Gasteiger partial charge in [-0.15, -0.1) is 0 Å². The third kappa shape index (κ3) is 11.0. The maximum atomic E-state index is 14.2. The van der Waals surface area contributed by atoms with Crippen molar-refractivity contribution in [1.29, 1.82) is 0 Å². The minimum Gasteiger partial charge on any atom is -0.370 e. The molecule has 10 heteroatoms. The number of nitrogens with two attached hydrogens (primary N) is 1. The molecule has 2 unspecified atom stereocenters. The first-order valence-electron chi connectivity index (χ1n) is 15.2. The van der Waals surface area contributed by atoms with Gasteiger partial charge in [-0.25, -0.2) is 4.39 Å². The van der Waals surface area contributed by atoms with Crippen LogP contribution in [0.4, 0.5) is 4.39 Å². The number of rotatable bonds is 14. The molecule has 2 atom stereocenters. The SMILES string of the molecule is C=C/C(Cl)=C(/C=C/C(=O)NCC1CCN(CC(c2ccccc2)c2ccccc2)C(=O)C(CCCNC(N)=NC)N1)C(\F)=C/C. The van der Waals surface area contributed by atoms with Crippen molar-refractivity contribution in [3.8, 4) is 0 Å². The number of benzene rings is 2. The van der Waals surface area contributed by atoms with E-state index >= 15 is 0 Å². The number of halogens is 2.